The van der Waals surface area contributed by atoms with Crippen LogP contribution in [0.1, 0.15) is 138 Å². The summed E-state index contributed by atoms with van der Waals surface area (Å²) in [5.41, 5.74) is 3.04. The fourth-order valence-electron chi connectivity index (χ4n) is 11.4. The van der Waals surface area contributed by atoms with Gasteiger partial charge in [-0.25, -0.2) is 19.6 Å². The Balaban J connectivity index is 0.789. The van der Waals surface area contributed by atoms with Crippen molar-refractivity contribution < 1.29 is 71.6 Å². The number of aromatic nitrogens is 1. The van der Waals surface area contributed by atoms with Crippen LogP contribution in [0.3, 0.4) is 0 Å². The third-order valence-electron chi connectivity index (χ3n) is 16.8. The van der Waals surface area contributed by atoms with Crippen LogP contribution >= 0.6 is 11.3 Å². The summed E-state index contributed by atoms with van der Waals surface area (Å²) >= 11 is 1.51. The van der Waals surface area contributed by atoms with Crippen molar-refractivity contribution in [2.45, 2.75) is 128 Å². The maximum atomic E-state index is 13.9. The first kappa shape index (κ1) is 71.0. The number of hydrogen-bond acceptors (Lipinski definition) is 19. The molecular formula is C77H87N3O15S. The minimum Gasteiger partial charge on any atom is -0.494 e. The summed E-state index contributed by atoms with van der Waals surface area (Å²) in [6, 6.07) is 47.0. The molecule has 1 heterocycles. The van der Waals surface area contributed by atoms with Crippen molar-refractivity contribution in [3.05, 3.63) is 194 Å². The van der Waals surface area contributed by atoms with Gasteiger partial charge in [-0.3, -0.25) is 14.4 Å². The Morgan fingerprint density at radius 2 is 1.03 bits per heavy atom. The molecule has 19 heteroatoms. The van der Waals surface area contributed by atoms with E-state index in [1.54, 1.807) is 48.7 Å². The minimum absolute atomic E-state index is 0.0587. The summed E-state index contributed by atoms with van der Waals surface area (Å²) in [4.78, 5) is 80.5. The number of nitrogens with zero attached hydrogens (tertiary/aromatic N) is 3. The number of carbonyl (C=O) groups is 5. The highest BCUT2D eigenvalue weighted by molar-refractivity contribution is 7.22. The predicted molar refractivity (Wildman–Crippen MR) is 369 cm³/mol. The zero-order chi connectivity index (χ0) is 66.9. The Morgan fingerprint density at radius 3 is 1.61 bits per heavy atom. The van der Waals surface area contributed by atoms with Gasteiger partial charge in [0, 0.05) is 24.3 Å². The first-order chi connectivity index (χ1) is 47.1. The highest BCUT2D eigenvalue weighted by Crippen LogP contribution is 2.35. The average Bonchev–Trinajstić information content (AvgIpc) is 1.65. The molecule has 2 saturated carbocycles. The van der Waals surface area contributed by atoms with Crippen LogP contribution in [0.4, 0.5) is 5.13 Å². The topological polar surface area (TPSA) is 206 Å². The zero-order valence-electron chi connectivity index (χ0n) is 54.5. The molecule has 0 saturated heterocycles. The van der Waals surface area contributed by atoms with E-state index >= 15 is 0 Å². The zero-order valence-corrected chi connectivity index (χ0v) is 55.3. The molecule has 2 aliphatic rings. The molecule has 0 aliphatic heterocycles. The van der Waals surface area contributed by atoms with Gasteiger partial charge in [0.25, 0.3) is 0 Å². The molecule has 0 spiro atoms. The van der Waals surface area contributed by atoms with E-state index in [4.69, 9.17) is 57.8 Å². The smallest absolute Gasteiger partial charge is 0.330 e. The van der Waals surface area contributed by atoms with E-state index in [-0.39, 0.29) is 55.0 Å². The van der Waals surface area contributed by atoms with E-state index in [2.05, 4.69) is 13.2 Å². The second-order valence-electron chi connectivity index (χ2n) is 23.9. The third-order valence-corrected chi connectivity index (χ3v) is 17.8. The summed E-state index contributed by atoms with van der Waals surface area (Å²) in [5.74, 6) is 0.564. The Labute approximate surface area is 566 Å². The van der Waals surface area contributed by atoms with E-state index in [1.807, 2.05) is 114 Å². The van der Waals surface area contributed by atoms with E-state index in [0.29, 0.717) is 118 Å². The molecule has 96 heavy (non-hydrogen) atoms. The molecule has 0 amide bonds. The van der Waals surface area contributed by atoms with Crippen LogP contribution < -0.4 is 33.6 Å². The number of para-hydroxylation sites is 1. The lowest BCUT2D eigenvalue weighted by Gasteiger charge is -2.28. The molecule has 0 N–H and O–H groups in total. The molecule has 506 valence electrons. The largest absolute Gasteiger partial charge is 0.494 e. The Kier molecular flexibility index (Phi) is 28.8. The number of ether oxygens (including phenoxy) is 8. The Morgan fingerprint density at radius 1 is 0.531 bits per heavy atom. The predicted octanol–water partition coefficient (Wildman–Crippen LogP) is 15.9. The van der Waals surface area contributed by atoms with Crippen molar-refractivity contribution in [1.82, 2.24) is 4.98 Å². The van der Waals surface area contributed by atoms with Gasteiger partial charge < -0.3 is 42.8 Å². The Bertz CT molecular complexity index is 3510. The van der Waals surface area contributed by atoms with Crippen LogP contribution in [0.2, 0.25) is 0 Å². The van der Waals surface area contributed by atoms with E-state index in [0.717, 1.165) is 103 Å². The lowest BCUT2D eigenvalue weighted by atomic mass is 9.82. The summed E-state index contributed by atoms with van der Waals surface area (Å²) < 4.78 is 47.1. The van der Waals surface area contributed by atoms with Crippen LogP contribution in [0.25, 0.3) is 10.2 Å². The van der Waals surface area contributed by atoms with Crippen molar-refractivity contribution >= 4 is 62.7 Å². The number of anilines is 1. The molecule has 0 unspecified atom stereocenters. The van der Waals surface area contributed by atoms with Crippen molar-refractivity contribution in [3.8, 4) is 34.5 Å². The van der Waals surface area contributed by atoms with Crippen molar-refractivity contribution in [1.29, 1.82) is 0 Å². The number of fused-ring (bicyclic) bond motifs is 1. The summed E-state index contributed by atoms with van der Waals surface area (Å²) in [7, 11) is 0. The molecule has 2 fully saturated rings. The first-order valence-corrected chi connectivity index (χ1v) is 34.4. The van der Waals surface area contributed by atoms with Crippen LogP contribution in [-0.2, 0) is 43.1 Å². The number of rotatable bonds is 39. The number of esters is 5. The number of hydrogen-bond donors (Lipinski definition) is 0. The number of thiazole rings is 1. The molecule has 18 nitrogen and oxygen atoms in total. The van der Waals surface area contributed by atoms with Crippen LogP contribution in [-0.4, -0.2) is 93.3 Å². The first-order valence-electron chi connectivity index (χ1n) is 33.6. The monoisotopic (exact) mass is 1330 g/mol. The maximum Gasteiger partial charge on any atom is 0.330 e. The SMILES string of the molecule is C=CC(=O)OCCCCCCOc1ccc(OC(=O)C2CCC(COOc3ccc(OC(=O)C4CCC(Oc5ccc(OCCCCCCOC(=O)C=C)cc5)CC4)cc3/C=N/N(CCCCOC(=O)C(c3ccccc3)c3ccccc3)c3nc4ccccc4s3)CC2)cc1. The molecule has 0 bridgehead atoms. The lowest BCUT2D eigenvalue weighted by Crippen LogP contribution is -2.30. The van der Waals surface area contributed by atoms with E-state index in [9.17, 15) is 24.0 Å². The van der Waals surface area contributed by atoms with Crippen molar-refractivity contribution in [2.75, 3.05) is 51.2 Å². The van der Waals surface area contributed by atoms with Gasteiger partial charge in [-0.1, -0.05) is 97.3 Å². The van der Waals surface area contributed by atoms with Gasteiger partial charge in [0.1, 0.15) is 34.7 Å². The van der Waals surface area contributed by atoms with Gasteiger partial charge in [-0.05, 0) is 211 Å². The number of unbranched alkanes of at least 4 members (excludes halogenated alkanes) is 7. The fraction of sp³-hybridized carbons (Fsp3) is 0.390. The maximum absolute atomic E-state index is 13.9. The second kappa shape index (κ2) is 38.9. The van der Waals surface area contributed by atoms with Crippen molar-refractivity contribution in [3.63, 3.8) is 0 Å². The summed E-state index contributed by atoms with van der Waals surface area (Å²) in [6.07, 6.45) is 17.5. The van der Waals surface area contributed by atoms with Gasteiger partial charge in [0.2, 0.25) is 5.13 Å². The fourth-order valence-corrected chi connectivity index (χ4v) is 12.3. The molecule has 0 atom stereocenters. The average molecular weight is 1330 g/mol. The number of hydrazone groups is 1. The van der Waals surface area contributed by atoms with Gasteiger partial charge in [-0.2, -0.15) is 9.99 Å². The summed E-state index contributed by atoms with van der Waals surface area (Å²) in [6.45, 7) is 9.63. The molecule has 9 rings (SSSR count). The highest BCUT2D eigenvalue weighted by atomic mass is 32.1. The molecule has 2 aliphatic carbocycles. The van der Waals surface area contributed by atoms with E-state index < -0.39 is 17.9 Å². The minimum atomic E-state index is -0.561. The Hall–Kier alpha value is -9.33. The van der Waals surface area contributed by atoms with Crippen LogP contribution in [0.5, 0.6) is 34.5 Å². The van der Waals surface area contributed by atoms with Gasteiger partial charge in [0.05, 0.1) is 74.0 Å². The van der Waals surface area contributed by atoms with Crippen molar-refractivity contribution in [2.24, 2.45) is 22.9 Å². The molecule has 0 radical (unpaired) electrons. The van der Waals surface area contributed by atoms with Crippen LogP contribution in [0, 0.1) is 17.8 Å². The normalized spacial score (nSPS) is 16.1. The van der Waals surface area contributed by atoms with Gasteiger partial charge >= 0.3 is 29.8 Å². The van der Waals surface area contributed by atoms with E-state index in [1.165, 1.54) is 17.4 Å². The lowest BCUT2D eigenvalue weighted by molar-refractivity contribution is -0.218. The second-order valence-corrected chi connectivity index (χ2v) is 24.9. The third kappa shape index (κ3) is 23.2. The number of benzene rings is 6. The van der Waals surface area contributed by atoms with Crippen LogP contribution in [0.15, 0.2) is 182 Å². The molecular weight excluding hydrogens is 1240 g/mol. The number of carbonyl (C=O) groups excluding carboxylic acids is 5. The standard InChI is InChI=1S/C77H87N3O15S/c1-3-71(81)88-50-20-7-5-18-48-86-62-37-41-65(42-38-62)92-64-35-33-60(34-36-64)75(84)94-67-45-46-69(95-91-55-56-29-31-59(32-30-56)74(83)93-66-43-39-63(40-44-66)87-49-19-6-8-21-51-89-72(82)4-2)61(53-67)54-78-80(77-79-68-27-15-16-28-70(68)96-77)47-17-22-52-90-76(85)73(57-23-11-9-12-24-57)58-25-13-10-14-26-58/h3-4,9-16,23-28,37-46,53-54,56,59-60,64,73H,1-2,5-8,17-22,29-36,47-52,55H2/b78-54+. The highest BCUT2D eigenvalue weighted by Gasteiger charge is 2.31. The van der Waals surface area contributed by atoms with Gasteiger partial charge in [-0.15, -0.1) is 0 Å². The van der Waals surface area contributed by atoms with Gasteiger partial charge in [0.15, 0.2) is 5.75 Å². The summed E-state index contributed by atoms with van der Waals surface area (Å²) in [5, 5.41) is 7.50. The quantitative estimate of drug-likeness (QED) is 0.00513. The molecule has 6 aromatic carbocycles. The molecule has 1 aromatic heterocycles. The molecule has 7 aromatic rings.